The summed E-state index contributed by atoms with van der Waals surface area (Å²) in [5.41, 5.74) is 0.886. The molecule has 0 aliphatic heterocycles. The van der Waals surface area contributed by atoms with Crippen molar-refractivity contribution in [2.24, 2.45) is 0 Å². The zero-order valence-corrected chi connectivity index (χ0v) is 9.38. The maximum absolute atomic E-state index is 4.17. The molecule has 6 heteroatoms. The second kappa shape index (κ2) is 4.80. The summed E-state index contributed by atoms with van der Waals surface area (Å²) >= 11 is 0. The van der Waals surface area contributed by atoms with Crippen LogP contribution in [0, 0.1) is 6.92 Å². The van der Waals surface area contributed by atoms with Crippen LogP contribution in [-0.4, -0.2) is 31.5 Å². The van der Waals surface area contributed by atoms with Gasteiger partial charge in [0.1, 0.15) is 12.2 Å². The maximum Gasteiger partial charge on any atom is 0.177 e. The van der Waals surface area contributed by atoms with Gasteiger partial charge >= 0.3 is 0 Å². The Labute approximate surface area is 93.7 Å². The maximum atomic E-state index is 4.17. The van der Waals surface area contributed by atoms with Gasteiger partial charge in [-0.1, -0.05) is 6.92 Å². The van der Waals surface area contributed by atoms with Gasteiger partial charge in [-0.15, -0.1) is 5.10 Å². The van der Waals surface area contributed by atoms with Crippen LogP contribution in [0.2, 0.25) is 0 Å². The zero-order chi connectivity index (χ0) is 11.4. The minimum atomic E-state index is 0.673. The third kappa shape index (κ3) is 2.22. The van der Waals surface area contributed by atoms with Crippen LogP contribution in [0.3, 0.4) is 0 Å². The molecule has 84 valence electrons. The number of hydrogen-bond donors (Lipinski definition) is 1. The van der Waals surface area contributed by atoms with Gasteiger partial charge in [-0.25, -0.2) is 4.98 Å². The number of hydrogen-bond acceptors (Lipinski definition) is 5. The Bertz CT molecular complexity index is 447. The lowest BCUT2D eigenvalue weighted by Gasteiger charge is -2.04. The van der Waals surface area contributed by atoms with Gasteiger partial charge in [-0.2, -0.15) is 14.9 Å². The summed E-state index contributed by atoms with van der Waals surface area (Å²) in [5, 5.41) is 15.4. The summed E-state index contributed by atoms with van der Waals surface area (Å²) in [4.78, 5) is 4.17. The van der Waals surface area contributed by atoms with E-state index in [1.165, 1.54) is 6.33 Å². The molecule has 0 radical (unpaired) electrons. The molecule has 0 aromatic carbocycles. The summed E-state index contributed by atoms with van der Waals surface area (Å²) in [6.45, 7) is 5.52. The molecule has 2 heterocycles. The summed E-state index contributed by atoms with van der Waals surface area (Å²) in [6.07, 6.45) is 1.52. The highest BCUT2D eigenvalue weighted by molar-refractivity contribution is 5.20. The Balaban J connectivity index is 2.26. The van der Waals surface area contributed by atoms with Crippen molar-refractivity contribution in [3.05, 3.63) is 30.0 Å². The molecule has 0 aliphatic carbocycles. The lowest BCUT2D eigenvalue weighted by Crippen LogP contribution is -2.17. The number of aryl methyl sites for hydroxylation is 1. The molecule has 0 aliphatic rings. The molecule has 0 unspecified atom stereocenters. The third-order valence-electron chi connectivity index (χ3n) is 2.15. The fourth-order valence-corrected chi connectivity index (χ4v) is 1.32. The Kier molecular flexibility index (Phi) is 3.21. The van der Waals surface area contributed by atoms with Crippen molar-refractivity contribution < 1.29 is 0 Å². The van der Waals surface area contributed by atoms with Gasteiger partial charge in [0.05, 0.1) is 12.2 Å². The van der Waals surface area contributed by atoms with Crippen molar-refractivity contribution in [3.8, 4) is 5.82 Å². The SMILES string of the molecule is CCNCc1ncnn1-c1ccc(C)nn1. The fraction of sp³-hybridized carbons (Fsp3) is 0.400. The van der Waals surface area contributed by atoms with E-state index in [1.807, 2.05) is 26.0 Å². The predicted octanol–water partition coefficient (Wildman–Crippen LogP) is 0.475. The van der Waals surface area contributed by atoms with E-state index in [0.29, 0.717) is 12.4 Å². The zero-order valence-electron chi connectivity index (χ0n) is 9.38. The first-order chi connectivity index (χ1) is 7.81. The molecule has 6 nitrogen and oxygen atoms in total. The van der Waals surface area contributed by atoms with Gasteiger partial charge in [0.25, 0.3) is 0 Å². The number of aromatic nitrogens is 5. The molecule has 0 saturated carbocycles. The van der Waals surface area contributed by atoms with Crippen molar-refractivity contribution in [1.29, 1.82) is 0 Å². The average molecular weight is 218 g/mol. The van der Waals surface area contributed by atoms with E-state index < -0.39 is 0 Å². The predicted molar refractivity (Wildman–Crippen MR) is 59.1 cm³/mol. The number of rotatable bonds is 4. The van der Waals surface area contributed by atoms with Gasteiger partial charge in [0, 0.05) is 0 Å². The molecular formula is C10H14N6. The van der Waals surface area contributed by atoms with Crippen molar-refractivity contribution in [2.45, 2.75) is 20.4 Å². The van der Waals surface area contributed by atoms with Crippen molar-refractivity contribution in [1.82, 2.24) is 30.3 Å². The van der Waals surface area contributed by atoms with E-state index in [9.17, 15) is 0 Å². The van der Waals surface area contributed by atoms with Crippen molar-refractivity contribution in [3.63, 3.8) is 0 Å². The van der Waals surface area contributed by atoms with Gasteiger partial charge in [-0.05, 0) is 25.6 Å². The lowest BCUT2D eigenvalue weighted by atomic mass is 10.4. The van der Waals surface area contributed by atoms with Crippen LogP contribution >= 0.6 is 0 Å². The lowest BCUT2D eigenvalue weighted by molar-refractivity contribution is 0.654. The second-order valence-electron chi connectivity index (χ2n) is 3.40. The summed E-state index contributed by atoms with van der Waals surface area (Å²) in [6, 6.07) is 3.79. The Hall–Kier alpha value is -1.82. The monoisotopic (exact) mass is 218 g/mol. The average Bonchev–Trinajstić information content (AvgIpc) is 2.75. The van der Waals surface area contributed by atoms with Gasteiger partial charge in [-0.3, -0.25) is 0 Å². The second-order valence-corrected chi connectivity index (χ2v) is 3.40. The first-order valence-electron chi connectivity index (χ1n) is 5.21. The molecule has 16 heavy (non-hydrogen) atoms. The quantitative estimate of drug-likeness (QED) is 0.808. The third-order valence-corrected chi connectivity index (χ3v) is 2.15. The van der Waals surface area contributed by atoms with Crippen molar-refractivity contribution in [2.75, 3.05) is 6.54 Å². The summed E-state index contributed by atoms with van der Waals surface area (Å²) < 4.78 is 1.69. The van der Waals surface area contributed by atoms with Crippen molar-refractivity contribution >= 4 is 0 Å². The Morgan fingerprint density at radius 3 is 2.88 bits per heavy atom. The van der Waals surface area contributed by atoms with Crippen LogP contribution in [0.4, 0.5) is 0 Å². The summed E-state index contributed by atoms with van der Waals surface area (Å²) in [7, 11) is 0. The first-order valence-corrected chi connectivity index (χ1v) is 5.21. The van der Waals surface area contributed by atoms with Crippen LogP contribution in [0.1, 0.15) is 18.4 Å². The van der Waals surface area contributed by atoms with Crippen LogP contribution in [-0.2, 0) is 6.54 Å². The van der Waals surface area contributed by atoms with Gasteiger partial charge < -0.3 is 5.32 Å². The van der Waals surface area contributed by atoms with E-state index in [0.717, 1.165) is 18.1 Å². The van der Waals surface area contributed by atoms with Crippen LogP contribution in [0.15, 0.2) is 18.5 Å². The van der Waals surface area contributed by atoms with E-state index in [1.54, 1.807) is 4.68 Å². The minimum absolute atomic E-state index is 0.673. The van der Waals surface area contributed by atoms with Gasteiger partial charge in [0.15, 0.2) is 5.82 Å². The first kappa shape index (κ1) is 10.7. The number of nitrogens with zero attached hydrogens (tertiary/aromatic N) is 5. The molecule has 0 saturated heterocycles. The largest absolute Gasteiger partial charge is 0.310 e. The van der Waals surface area contributed by atoms with Crippen LogP contribution in [0.25, 0.3) is 5.82 Å². The van der Waals surface area contributed by atoms with Crippen LogP contribution < -0.4 is 5.32 Å². The van der Waals surface area contributed by atoms with E-state index >= 15 is 0 Å². The van der Waals surface area contributed by atoms with Gasteiger partial charge in [0.2, 0.25) is 0 Å². The molecule has 2 rings (SSSR count). The van der Waals surface area contributed by atoms with Crippen LogP contribution in [0.5, 0.6) is 0 Å². The standard InChI is InChI=1S/C10H14N6/c1-3-11-6-10-12-7-13-16(10)9-5-4-8(2)14-15-9/h4-5,7,11H,3,6H2,1-2H3. The van der Waals surface area contributed by atoms with E-state index in [2.05, 4.69) is 25.6 Å². The van der Waals surface area contributed by atoms with E-state index in [-0.39, 0.29) is 0 Å². The molecule has 0 bridgehead atoms. The smallest absolute Gasteiger partial charge is 0.177 e. The molecule has 0 fully saturated rings. The molecule has 2 aromatic rings. The molecular weight excluding hydrogens is 204 g/mol. The normalized spacial score (nSPS) is 10.6. The highest BCUT2D eigenvalue weighted by Crippen LogP contribution is 2.04. The number of nitrogens with one attached hydrogen (secondary N) is 1. The fourth-order valence-electron chi connectivity index (χ4n) is 1.32. The Morgan fingerprint density at radius 2 is 2.19 bits per heavy atom. The molecule has 0 amide bonds. The minimum Gasteiger partial charge on any atom is -0.310 e. The van der Waals surface area contributed by atoms with E-state index in [4.69, 9.17) is 0 Å². The highest BCUT2D eigenvalue weighted by Gasteiger charge is 2.06. The highest BCUT2D eigenvalue weighted by atomic mass is 15.4. The molecule has 0 atom stereocenters. The molecule has 0 spiro atoms. The summed E-state index contributed by atoms with van der Waals surface area (Å²) in [5.74, 6) is 1.52. The molecule has 1 N–H and O–H groups in total. The topological polar surface area (TPSA) is 68.5 Å². The molecule has 2 aromatic heterocycles. The Morgan fingerprint density at radius 1 is 1.31 bits per heavy atom.